The second-order valence-corrected chi connectivity index (χ2v) is 6.18. The van der Waals surface area contributed by atoms with E-state index in [-0.39, 0.29) is 16.3 Å². The van der Waals surface area contributed by atoms with Crippen molar-refractivity contribution in [2.24, 2.45) is 7.05 Å². The second kappa shape index (κ2) is 4.98. The fourth-order valence-electron chi connectivity index (χ4n) is 1.71. The van der Waals surface area contributed by atoms with Crippen molar-refractivity contribution in [1.82, 2.24) is 9.78 Å². The van der Waals surface area contributed by atoms with Crippen molar-refractivity contribution in [2.75, 3.05) is 4.72 Å². The van der Waals surface area contributed by atoms with E-state index < -0.39 is 10.0 Å². The van der Waals surface area contributed by atoms with E-state index in [0.29, 0.717) is 0 Å². The third kappa shape index (κ3) is 2.51. The van der Waals surface area contributed by atoms with Gasteiger partial charge in [0.15, 0.2) is 5.82 Å². The number of nitrogens with one attached hydrogen (secondary N) is 1. The van der Waals surface area contributed by atoms with Crippen LogP contribution in [0.25, 0.3) is 0 Å². The highest BCUT2D eigenvalue weighted by Crippen LogP contribution is 2.20. The Bertz CT molecular complexity index is 800. The molecule has 104 valence electrons. The Labute approximate surface area is 117 Å². The molecule has 0 atom stereocenters. The molecule has 20 heavy (non-hydrogen) atoms. The van der Waals surface area contributed by atoms with Gasteiger partial charge in [0, 0.05) is 7.05 Å². The number of benzene rings is 1. The van der Waals surface area contributed by atoms with E-state index in [4.69, 9.17) is 5.26 Å². The number of nitriles is 1. The maximum absolute atomic E-state index is 12.3. The first-order valence-corrected chi connectivity index (χ1v) is 7.35. The topological polar surface area (TPSA) is 87.8 Å². The van der Waals surface area contributed by atoms with E-state index in [1.54, 1.807) is 19.2 Å². The van der Waals surface area contributed by atoms with Gasteiger partial charge in [0.2, 0.25) is 0 Å². The predicted octanol–water partition coefficient (Wildman–Crippen LogP) is 1.71. The van der Waals surface area contributed by atoms with E-state index in [0.717, 1.165) is 11.1 Å². The van der Waals surface area contributed by atoms with Gasteiger partial charge in [0.25, 0.3) is 10.0 Å². The van der Waals surface area contributed by atoms with Gasteiger partial charge in [0.1, 0.15) is 11.6 Å². The van der Waals surface area contributed by atoms with Crippen molar-refractivity contribution in [2.45, 2.75) is 18.7 Å². The van der Waals surface area contributed by atoms with Crippen molar-refractivity contribution >= 4 is 15.8 Å². The minimum atomic E-state index is -3.74. The van der Waals surface area contributed by atoms with Crippen molar-refractivity contribution in [1.29, 1.82) is 5.26 Å². The second-order valence-electron chi connectivity index (χ2n) is 4.49. The van der Waals surface area contributed by atoms with Crippen LogP contribution in [-0.2, 0) is 17.1 Å². The average molecular weight is 290 g/mol. The molecular weight excluding hydrogens is 276 g/mol. The monoisotopic (exact) mass is 290 g/mol. The molecular formula is C13H14N4O2S. The Balaban J connectivity index is 2.44. The van der Waals surface area contributed by atoms with Gasteiger partial charge in [-0.15, -0.1) is 0 Å². The molecule has 0 fully saturated rings. The van der Waals surface area contributed by atoms with Crippen LogP contribution < -0.4 is 4.72 Å². The molecule has 2 rings (SSSR count). The van der Waals surface area contributed by atoms with Gasteiger partial charge in [-0.05, 0) is 37.1 Å². The van der Waals surface area contributed by atoms with E-state index in [2.05, 4.69) is 9.82 Å². The minimum Gasteiger partial charge on any atom is -0.262 e. The Morgan fingerprint density at radius 3 is 2.60 bits per heavy atom. The third-order valence-corrected chi connectivity index (χ3v) is 4.42. The molecule has 0 bridgehead atoms. The smallest absolute Gasteiger partial charge is 0.262 e. The van der Waals surface area contributed by atoms with Crippen LogP contribution in [0.15, 0.2) is 29.3 Å². The molecule has 1 aromatic carbocycles. The highest BCUT2D eigenvalue weighted by molar-refractivity contribution is 7.92. The summed E-state index contributed by atoms with van der Waals surface area (Å²) in [7, 11) is -2.17. The average Bonchev–Trinajstić information content (AvgIpc) is 2.73. The molecule has 0 aliphatic rings. The molecule has 7 heteroatoms. The molecule has 0 aliphatic carbocycles. The van der Waals surface area contributed by atoms with Gasteiger partial charge < -0.3 is 0 Å². The summed E-state index contributed by atoms with van der Waals surface area (Å²) in [5.41, 5.74) is 2.08. The molecule has 1 aromatic heterocycles. The van der Waals surface area contributed by atoms with Crippen LogP contribution in [0.5, 0.6) is 0 Å². The van der Waals surface area contributed by atoms with Gasteiger partial charge in [0.05, 0.1) is 11.1 Å². The van der Waals surface area contributed by atoms with Crippen molar-refractivity contribution in [3.8, 4) is 6.07 Å². The van der Waals surface area contributed by atoms with Crippen molar-refractivity contribution in [3.05, 3.63) is 41.1 Å². The maximum atomic E-state index is 12.3. The summed E-state index contributed by atoms with van der Waals surface area (Å²) in [5.74, 6) is 0.158. The van der Waals surface area contributed by atoms with Crippen LogP contribution in [0.1, 0.15) is 16.7 Å². The first-order chi connectivity index (χ1) is 9.35. The summed E-state index contributed by atoms with van der Waals surface area (Å²) in [6.45, 7) is 3.76. The zero-order chi connectivity index (χ0) is 14.9. The number of aromatic nitrogens is 2. The lowest BCUT2D eigenvalue weighted by Gasteiger charge is -2.10. The molecule has 0 spiro atoms. The molecule has 1 N–H and O–H groups in total. The highest BCUT2D eigenvalue weighted by Gasteiger charge is 2.19. The first kappa shape index (κ1) is 14.1. The standard InChI is InChI=1S/C13H14N4O2S/c1-9-4-5-12(6-10(9)2)20(18,19)16-13-11(7-14)8-15-17(13)3/h4-6,8,16H,1-3H3. The Morgan fingerprint density at radius 2 is 2.00 bits per heavy atom. The van der Waals surface area contributed by atoms with E-state index in [9.17, 15) is 8.42 Å². The lowest BCUT2D eigenvalue weighted by Crippen LogP contribution is -2.16. The molecule has 0 radical (unpaired) electrons. The maximum Gasteiger partial charge on any atom is 0.263 e. The first-order valence-electron chi connectivity index (χ1n) is 5.87. The number of aryl methyl sites for hydroxylation is 3. The molecule has 0 aliphatic heterocycles. The van der Waals surface area contributed by atoms with E-state index in [1.165, 1.54) is 16.9 Å². The summed E-state index contributed by atoms with van der Waals surface area (Å²) in [6, 6.07) is 6.78. The van der Waals surface area contributed by atoms with Gasteiger partial charge >= 0.3 is 0 Å². The number of hydrogen-bond donors (Lipinski definition) is 1. The van der Waals surface area contributed by atoms with Crippen LogP contribution in [0.3, 0.4) is 0 Å². The highest BCUT2D eigenvalue weighted by atomic mass is 32.2. The Hall–Kier alpha value is -2.33. The summed E-state index contributed by atoms with van der Waals surface area (Å²) in [5, 5.41) is 12.8. The summed E-state index contributed by atoms with van der Waals surface area (Å²) < 4.78 is 28.4. The Kier molecular flexibility index (Phi) is 3.51. The summed E-state index contributed by atoms with van der Waals surface area (Å²) in [4.78, 5) is 0.158. The zero-order valence-corrected chi connectivity index (χ0v) is 12.2. The lowest BCUT2D eigenvalue weighted by molar-refractivity contribution is 0.600. The van der Waals surface area contributed by atoms with Crippen LogP contribution in [0, 0.1) is 25.2 Å². The molecule has 0 saturated carbocycles. The summed E-state index contributed by atoms with van der Waals surface area (Å²) >= 11 is 0. The van der Waals surface area contributed by atoms with Gasteiger partial charge in [-0.3, -0.25) is 9.40 Å². The number of sulfonamides is 1. The van der Waals surface area contributed by atoms with E-state index >= 15 is 0 Å². The van der Waals surface area contributed by atoms with Crippen molar-refractivity contribution < 1.29 is 8.42 Å². The van der Waals surface area contributed by atoms with Gasteiger partial charge in [-0.2, -0.15) is 10.4 Å². The molecule has 6 nitrogen and oxygen atoms in total. The van der Waals surface area contributed by atoms with Crippen molar-refractivity contribution in [3.63, 3.8) is 0 Å². The number of anilines is 1. The molecule has 1 heterocycles. The number of rotatable bonds is 3. The van der Waals surface area contributed by atoms with Crippen LogP contribution in [0.2, 0.25) is 0 Å². The molecule has 2 aromatic rings. The molecule has 0 saturated heterocycles. The Morgan fingerprint density at radius 1 is 1.30 bits per heavy atom. The minimum absolute atomic E-state index is 0.158. The van der Waals surface area contributed by atoms with Crippen LogP contribution in [-0.4, -0.2) is 18.2 Å². The van der Waals surface area contributed by atoms with E-state index in [1.807, 2.05) is 19.9 Å². The quantitative estimate of drug-likeness (QED) is 0.932. The van der Waals surface area contributed by atoms with Gasteiger partial charge in [-0.25, -0.2) is 8.42 Å². The molecule has 0 unspecified atom stereocenters. The number of hydrogen-bond acceptors (Lipinski definition) is 4. The number of nitrogens with zero attached hydrogens (tertiary/aromatic N) is 3. The van der Waals surface area contributed by atoms with Crippen LogP contribution >= 0.6 is 0 Å². The fourth-order valence-corrected chi connectivity index (χ4v) is 2.90. The fraction of sp³-hybridized carbons (Fsp3) is 0.231. The summed E-state index contributed by atoms with van der Waals surface area (Å²) in [6.07, 6.45) is 1.32. The third-order valence-electron chi connectivity index (χ3n) is 3.08. The SMILES string of the molecule is Cc1ccc(S(=O)(=O)Nc2c(C#N)cnn2C)cc1C. The van der Waals surface area contributed by atoms with Crippen LogP contribution in [0.4, 0.5) is 5.82 Å². The van der Waals surface area contributed by atoms with Gasteiger partial charge in [-0.1, -0.05) is 6.07 Å². The normalized spacial score (nSPS) is 11.1. The largest absolute Gasteiger partial charge is 0.263 e. The molecule has 0 amide bonds. The zero-order valence-electron chi connectivity index (χ0n) is 11.4. The lowest BCUT2D eigenvalue weighted by atomic mass is 10.1. The predicted molar refractivity (Wildman–Crippen MR) is 74.6 cm³/mol.